The molecule has 2 amide bonds. The Morgan fingerprint density at radius 2 is 2.14 bits per heavy atom. The fourth-order valence-electron chi connectivity index (χ4n) is 3.79. The normalized spacial score (nSPS) is 18.9. The van der Waals surface area contributed by atoms with Gasteiger partial charge in [0.15, 0.2) is 0 Å². The van der Waals surface area contributed by atoms with Gasteiger partial charge in [-0.25, -0.2) is 4.98 Å². The molecule has 1 atom stereocenters. The number of amides is 2. The lowest BCUT2D eigenvalue weighted by Crippen LogP contribution is -2.41. The largest absolute Gasteiger partial charge is 0.378 e. The maximum absolute atomic E-state index is 12.9. The van der Waals surface area contributed by atoms with Gasteiger partial charge >= 0.3 is 0 Å². The summed E-state index contributed by atoms with van der Waals surface area (Å²) in [5, 5.41) is 8.27. The van der Waals surface area contributed by atoms with Crippen LogP contribution in [-0.2, 0) is 17.7 Å². The number of fused-ring (bicyclic) bond motifs is 1. The Kier molecular flexibility index (Phi) is 6.15. The van der Waals surface area contributed by atoms with Gasteiger partial charge in [-0.05, 0) is 37.1 Å². The van der Waals surface area contributed by atoms with E-state index in [2.05, 4.69) is 15.4 Å². The fraction of sp³-hybridized carbons (Fsp3) is 0.500. The van der Waals surface area contributed by atoms with Crippen molar-refractivity contribution in [1.82, 2.24) is 25.0 Å². The standard InChI is InChI=1S/C20H25N5O3S/c1-29-18-11-15(2-4-21-18)19(26)22-12-14-3-5-25-17(10-14)16(13-23-25)20(27)24-6-8-28-9-7-24/h2,4,11,13-14H,3,5-10,12H2,1H3,(H,22,26). The predicted octanol–water partition coefficient (Wildman–Crippen LogP) is 1.46. The van der Waals surface area contributed by atoms with Crippen LogP contribution >= 0.6 is 11.8 Å². The molecule has 0 saturated carbocycles. The second kappa shape index (κ2) is 8.96. The van der Waals surface area contributed by atoms with E-state index in [1.54, 1.807) is 24.5 Å². The van der Waals surface area contributed by atoms with Crippen LogP contribution in [0.4, 0.5) is 0 Å². The maximum Gasteiger partial charge on any atom is 0.257 e. The number of morpholine rings is 1. The molecule has 1 N–H and O–H groups in total. The van der Waals surface area contributed by atoms with E-state index in [4.69, 9.17) is 4.74 Å². The summed E-state index contributed by atoms with van der Waals surface area (Å²) >= 11 is 1.51. The highest BCUT2D eigenvalue weighted by Gasteiger charge is 2.28. The van der Waals surface area contributed by atoms with E-state index in [-0.39, 0.29) is 17.7 Å². The van der Waals surface area contributed by atoms with Gasteiger partial charge < -0.3 is 15.0 Å². The summed E-state index contributed by atoms with van der Waals surface area (Å²) in [4.78, 5) is 31.4. The number of hydrogen-bond acceptors (Lipinski definition) is 6. The zero-order chi connectivity index (χ0) is 20.2. The van der Waals surface area contributed by atoms with E-state index in [1.165, 1.54) is 11.8 Å². The average Bonchev–Trinajstić information content (AvgIpc) is 3.20. The first-order chi connectivity index (χ1) is 14.2. The van der Waals surface area contributed by atoms with Crippen LogP contribution in [0.5, 0.6) is 0 Å². The quantitative estimate of drug-likeness (QED) is 0.744. The summed E-state index contributed by atoms with van der Waals surface area (Å²) in [7, 11) is 0. The number of aromatic nitrogens is 3. The minimum absolute atomic E-state index is 0.0283. The molecule has 4 rings (SSSR count). The Morgan fingerprint density at radius 1 is 1.31 bits per heavy atom. The minimum atomic E-state index is -0.0913. The second-order valence-electron chi connectivity index (χ2n) is 7.29. The lowest BCUT2D eigenvalue weighted by Gasteiger charge is -2.28. The molecule has 154 valence electrons. The number of carbonyl (C=O) groups is 2. The monoisotopic (exact) mass is 415 g/mol. The number of nitrogens with zero attached hydrogens (tertiary/aromatic N) is 4. The molecular formula is C20H25N5O3S. The molecule has 0 radical (unpaired) electrons. The molecule has 2 aliphatic rings. The third kappa shape index (κ3) is 4.45. The van der Waals surface area contributed by atoms with Crippen LogP contribution in [0.25, 0.3) is 0 Å². The smallest absolute Gasteiger partial charge is 0.257 e. The van der Waals surface area contributed by atoms with E-state index in [0.717, 1.165) is 30.1 Å². The Balaban J connectivity index is 1.39. The van der Waals surface area contributed by atoms with Crippen molar-refractivity contribution in [3.05, 3.63) is 41.3 Å². The molecule has 1 fully saturated rings. The van der Waals surface area contributed by atoms with Gasteiger partial charge in [0.2, 0.25) is 0 Å². The lowest BCUT2D eigenvalue weighted by molar-refractivity contribution is 0.0301. The topological polar surface area (TPSA) is 89.4 Å². The molecule has 0 spiro atoms. The maximum atomic E-state index is 12.9. The summed E-state index contributed by atoms with van der Waals surface area (Å²) in [5.74, 6) is 0.216. The van der Waals surface area contributed by atoms with Gasteiger partial charge in [0.25, 0.3) is 11.8 Å². The van der Waals surface area contributed by atoms with E-state index in [9.17, 15) is 9.59 Å². The molecule has 2 aromatic rings. The SMILES string of the molecule is CSc1cc(C(=O)NCC2CCn3ncc(C(=O)N4CCOCC4)c3C2)ccn1. The number of pyridine rings is 1. The molecule has 0 bridgehead atoms. The number of nitrogens with one attached hydrogen (secondary N) is 1. The van der Waals surface area contributed by atoms with Gasteiger partial charge in [-0.3, -0.25) is 14.3 Å². The molecule has 0 aliphatic carbocycles. The number of aryl methyl sites for hydroxylation is 1. The Hall–Kier alpha value is -2.39. The average molecular weight is 416 g/mol. The van der Waals surface area contributed by atoms with Crippen molar-refractivity contribution in [3.63, 3.8) is 0 Å². The number of hydrogen-bond donors (Lipinski definition) is 1. The van der Waals surface area contributed by atoms with Gasteiger partial charge in [0, 0.05) is 37.9 Å². The number of ether oxygens (including phenoxy) is 1. The Bertz CT molecular complexity index is 894. The Labute approximate surface area is 174 Å². The molecule has 29 heavy (non-hydrogen) atoms. The zero-order valence-electron chi connectivity index (χ0n) is 16.5. The first kappa shape index (κ1) is 19.9. The molecule has 1 saturated heterocycles. The van der Waals surface area contributed by atoms with E-state index >= 15 is 0 Å². The molecule has 9 heteroatoms. The summed E-state index contributed by atoms with van der Waals surface area (Å²) in [6, 6.07) is 3.53. The van der Waals surface area contributed by atoms with Crippen LogP contribution in [0.2, 0.25) is 0 Å². The molecular weight excluding hydrogens is 390 g/mol. The van der Waals surface area contributed by atoms with Crippen LogP contribution in [0.1, 0.15) is 32.8 Å². The number of rotatable bonds is 5. The summed E-state index contributed by atoms with van der Waals surface area (Å²) in [5.41, 5.74) is 2.27. The van der Waals surface area contributed by atoms with Crippen LogP contribution in [0, 0.1) is 5.92 Å². The zero-order valence-corrected chi connectivity index (χ0v) is 17.3. The molecule has 4 heterocycles. The number of carbonyl (C=O) groups excluding carboxylic acids is 2. The van der Waals surface area contributed by atoms with Crippen LogP contribution < -0.4 is 5.32 Å². The second-order valence-corrected chi connectivity index (χ2v) is 8.11. The molecule has 8 nitrogen and oxygen atoms in total. The highest BCUT2D eigenvalue weighted by molar-refractivity contribution is 7.98. The lowest BCUT2D eigenvalue weighted by atomic mass is 9.94. The van der Waals surface area contributed by atoms with Gasteiger partial charge in [-0.2, -0.15) is 5.10 Å². The van der Waals surface area contributed by atoms with E-state index in [1.807, 2.05) is 15.8 Å². The van der Waals surface area contributed by atoms with Gasteiger partial charge in [0.1, 0.15) is 0 Å². The number of thioether (sulfide) groups is 1. The van der Waals surface area contributed by atoms with Crippen molar-refractivity contribution in [3.8, 4) is 0 Å². The van der Waals surface area contributed by atoms with Crippen molar-refractivity contribution in [2.45, 2.75) is 24.4 Å². The van der Waals surface area contributed by atoms with Crippen LogP contribution in [0.15, 0.2) is 29.6 Å². The van der Waals surface area contributed by atoms with Crippen molar-refractivity contribution in [1.29, 1.82) is 0 Å². The minimum Gasteiger partial charge on any atom is -0.378 e. The van der Waals surface area contributed by atoms with Crippen molar-refractivity contribution in [2.24, 2.45) is 5.92 Å². The van der Waals surface area contributed by atoms with Crippen LogP contribution in [0.3, 0.4) is 0 Å². The fourth-order valence-corrected chi connectivity index (χ4v) is 4.20. The highest BCUT2D eigenvalue weighted by Crippen LogP contribution is 2.24. The molecule has 1 unspecified atom stereocenters. The molecule has 2 aromatic heterocycles. The third-order valence-corrected chi connectivity index (χ3v) is 6.11. The first-order valence-electron chi connectivity index (χ1n) is 9.85. The van der Waals surface area contributed by atoms with E-state index < -0.39 is 0 Å². The van der Waals surface area contributed by atoms with Crippen molar-refractivity contribution in [2.75, 3.05) is 39.1 Å². The summed E-state index contributed by atoms with van der Waals surface area (Å²) in [6.07, 6.45) is 6.94. The summed E-state index contributed by atoms with van der Waals surface area (Å²) < 4.78 is 7.27. The van der Waals surface area contributed by atoms with E-state index in [0.29, 0.717) is 44.0 Å². The molecule has 0 aromatic carbocycles. The van der Waals surface area contributed by atoms with Gasteiger partial charge in [-0.1, -0.05) is 0 Å². The summed E-state index contributed by atoms with van der Waals surface area (Å²) in [6.45, 7) is 3.73. The highest BCUT2D eigenvalue weighted by atomic mass is 32.2. The molecule has 2 aliphatic heterocycles. The third-order valence-electron chi connectivity index (χ3n) is 5.47. The van der Waals surface area contributed by atoms with Crippen molar-refractivity contribution < 1.29 is 14.3 Å². The van der Waals surface area contributed by atoms with Gasteiger partial charge in [0.05, 0.1) is 35.7 Å². The van der Waals surface area contributed by atoms with Crippen molar-refractivity contribution >= 4 is 23.6 Å². The van der Waals surface area contributed by atoms with Gasteiger partial charge in [-0.15, -0.1) is 11.8 Å². The predicted molar refractivity (Wildman–Crippen MR) is 109 cm³/mol. The first-order valence-corrected chi connectivity index (χ1v) is 11.1. The van der Waals surface area contributed by atoms with Crippen LogP contribution in [-0.4, -0.2) is 70.6 Å². The Morgan fingerprint density at radius 3 is 2.93 bits per heavy atom.